The van der Waals surface area contributed by atoms with Crippen molar-refractivity contribution in [3.63, 3.8) is 0 Å². The van der Waals surface area contributed by atoms with Gasteiger partial charge in [0.15, 0.2) is 0 Å². The van der Waals surface area contributed by atoms with Crippen molar-refractivity contribution in [1.29, 1.82) is 0 Å². The highest BCUT2D eigenvalue weighted by molar-refractivity contribution is 6.12. The molecular formula is C50H37N3. The second-order valence-electron chi connectivity index (χ2n) is 14.1. The SMILES string of the molecule is Cc1cccc(-c2ccc(-c3ccc4c5cc(C)ccc5n(-c5ccc6c7ccccc7n(-c7ccccc7)c6c5)c4c3)cc2Nc2ccccc2)c1. The topological polar surface area (TPSA) is 21.9 Å². The van der Waals surface area contributed by atoms with Crippen LogP contribution in [-0.2, 0) is 0 Å². The Kier molecular flexibility index (Phi) is 7.26. The molecule has 0 bridgehead atoms. The number of benzene rings is 8. The summed E-state index contributed by atoms with van der Waals surface area (Å²) in [7, 11) is 0. The zero-order chi connectivity index (χ0) is 35.5. The molecule has 0 fully saturated rings. The highest BCUT2D eigenvalue weighted by Gasteiger charge is 2.18. The summed E-state index contributed by atoms with van der Waals surface area (Å²) >= 11 is 0. The van der Waals surface area contributed by atoms with Crippen molar-refractivity contribution in [2.24, 2.45) is 0 Å². The minimum atomic E-state index is 1.06. The maximum Gasteiger partial charge on any atom is 0.0561 e. The molecule has 3 heteroatoms. The summed E-state index contributed by atoms with van der Waals surface area (Å²) in [5.41, 5.74) is 16.4. The number of rotatable bonds is 6. The summed E-state index contributed by atoms with van der Waals surface area (Å²) in [6, 6.07) is 66.1. The van der Waals surface area contributed by atoms with Crippen molar-refractivity contribution in [3.8, 4) is 33.6 Å². The zero-order valence-electron chi connectivity index (χ0n) is 29.7. The third-order valence-electron chi connectivity index (χ3n) is 10.6. The van der Waals surface area contributed by atoms with E-state index in [1.165, 1.54) is 71.4 Å². The van der Waals surface area contributed by atoms with Gasteiger partial charge >= 0.3 is 0 Å². The molecule has 0 atom stereocenters. The number of hydrogen-bond donors (Lipinski definition) is 1. The van der Waals surface area contributed by atoms with Crippen LogP contribution in [0.2, 0.25) is 0 Å². The molecule has 0 aliphatic heterocycles. The molecule has 8 aromatic carbocycles. The Morgan fingerprint density at radius 2 is 1.00 bits per heavy atom. The van der Waals surface area contributed by atoms with E-state index >= 15 is 0 Å². The Balaban J connectivity index is 1.19. The maximum atomic E-state index is 3.74. The van der Waals surface area contributed by atoms with E-state index in [-0.39, 0.29) is 0 Å². The summed E-state index contributed by atoms with van der Waals surface area (Å²) in [5.74, 6) is 0. The van der Waals surface area contributed by atoms with Crippen LogP contribution in [0.1, 0.15) is 11.1 Å². The average Bonchev–Trinajstić information content (AvgIpc) is 3.70. The Morgan fingerprint density at radius 1 is 0.358 bits per heavy atom. The third-order valence-corrected chi connectivity index (χ3v) is 10.6. The van der Waals surface area contributed by atoms with Gasteiger partial charge in [-0.1, -0.05) is 126 Å². The van der Waals surface area contributed by atoms with Gasteiger partial charge in [-0.15, -0.1) is 0 Å². The van der Waals surface area contributed by atoms with Crippen LogP contribution >= 0.6 is 0 Å². The molecule has 1 N–H and O–H groups in total. The van der Waals surface area contributed by atoms with Gasteiger partial charge < -0.3 is 14.5 Å². The van der Waals surface area contributed by atoms with Gasteiger partial charge in [0.1, 0.15) is 0 Å². The smallest absolute Gasteiger partial charge is 0.0561 e. The van der Waals surface area contributed by atoms with E-state index in [1.54, 1.807) is 0 Å². The third kappa shape index (κ3) is 5.29. The normalized spacial score (nSPS) is 11.6. The molecule has 0 aliphatic carbocycles. The molecule has 0 amide bonds. The molecular weight excluding hydrogens is 643 g/mol. The maximum absolute atomic E-state index is 3.74. The van der Waals surface area contributed by atoms with Crippen LogP contribution in [0, 0.1) is 13.8 Å². The van der Waals surface area contributed by atoms with Crippen LogP contribution in [0.3, 0.4) is 0 Å². The number of hydrogen-bond acceptors (Lipinski definition) is 1. The molecule has 53 heavy (non-hydrogen) atoms. The first kappa shape index (κ1) is 30.9. The van der Waals surface area contributed by atoms with Crippen molar-refractivity contribution < 1.29 is 0 Å². The minimum absolute atomic E-state index is 1.06. The number of nitrogens with one attached hydrogen (secondary N) is 1. The van der Waals surface area contributed by atoms with Crippen molar-refractivity contribution >= 4 is 55.0 Å². The van der Waals surface area contributed by atoms with Crippen LogP contribution in [0.15, 0.2) is 182 Å². The van der Waals surface area contributed by atoms with Crippen molar-refractivity contribution in [3.05, 3.63) is 193 Å². The van der Waals surface area contributed by atoms with Crippen LogP contribution in [-0.4, -0.2) is 9.13 Å². The van der Waals surface area contributed by atoms with Crippen LogP contribution in [0.5, 0.6) is 0 Å². The summed E-state index contributed by atoms with van der Waals surface area (Å²) in [6.45, 7) is 4.33. The highest BCUT2D eigenvalue weighted by Crippen LogP contribution is 2.40. The second kappa shape index (κ2) is 12.4. The van der Waals surface area contributed by atoms with E-state index in [9.17, 15) is 0 Å². The number of aryl methyl sites for hydroxylation is 2. The van der Waals surface area contributed by atoms with Gasteiger partial charge in [0.2, 0.25) is 0 Å². The number of para-hydroxylation sites is 3. The molecule has 2 heterocycles. The van der Waals surface area contributed by atoms with Gasteiger partial charge in [0.05, 0.1) is 22.1 Å². The highest BCUT2D eigenvalue weighted by atomic mass is 15.0. The van der Waals surface area contributed by atoms with Crippen molar-refractivity contribution in [1.82, 2.24) is 9.13 Å². The van der Waals surface area contributed by atoms with Crippen LogP contribution < -0.4 is 5.32 Å². The molecule has 0 radical (unpaired) electrons. The summed E-state index contributed by atoms with van der Waals surface area (Å²) < 4.78 is 4.85. The van der Waals surface area contributed by atoms with E-state index in [0.717, 1.165) is 28.3 Å². The number of aromatic nitrogens is 2. The fourth-order valence-corrected chi connectivity index (χ4v) is 8.11. The summed E-state index contributed by atoms with van der Waals surface area (Å²) in [6.07, 6.45) is 0. The van der Waals surface area contributed by atoms with Crippen LogP contribution in [0.25, 0.3) is 77.2 Å². The monoisotopic (exact) mass is 679 g/mol. The predicted octanol–water partition coefficient (Wildman–Crippen LogP) is 13.6. The quantitative estimate of drug-likeness (QED) is 0.186. The molecule has 10 rings (SSSR count). The molecule has 2 aromatic heterocycles. The molecule has 0 saturated carbocycles. The lowest BCUT2D eigenvalue weighted by Gasteiger charge is -2.16. The molecule has 0 spiro atoms. The Hall–Kier alpha value is -6.84. The van der Waals surface area contributed by atoms with Gasteiger partial charge in [-0.25, -0.2) is 0 Å². The minimum Gasteiger partial charge on any atom is -0.355 e. The fourth-order valence-electron chi connectivity index (χ4n) is 8.11. The van der Waals surface area contributed by atoms with E-state index in [4.69, 9.17) is 0 Å². The Bertz CT molecular complexity index is 2980. The average molecular weight is 680 g/mol. The van der Waals surface area contributed by atoms with E-state index in [1.807, 2.05) is 0 Å². The van der Waals surface area contributed by atoms with Crippen molar-refractivity contribution in [2.75, 3.05) is 5.32 Å². The Labute approximate surface area is 309 Å². The number of anilines is 2. The first-order valence-electron chi connectivity index (χ1n) is 18.3. The number of nitrogens with zero attached hydrogens (tertiary/aromatic N) is 2. The van der Waals surface area contributed by atoms with E-state index < -0.39 is 0 Å². The summed E-state index contributed by atoms with van der Waals surface area (Å²) in [4.78, 5) is 0. The first-order chi connectivity index (χ1) is 26.1. The molecule has 0 aliphatic rings. The van der Waals surface area contributed by atoms with E-state index in [2.05, 4.69) is 210 Å². The first-order valence-corrected chi connectivity index (χ1v) is 18.3. The molecule has 0 unspecified atom stereocenters. The second-order valence-corrected chi connectivity index (χ2v) is 14.1. The van der Waals surface area contributed by atoms with Gasteiger partial charge in [-0.3, -0.25) is 0 Å². The van der Waals surface area contributed by atoms with Gasteiger partial charge in [0.25, 0.3) is 0 Å². The Morgan fingerprint density at radius 3 is 1.85 bits per heavy atom. The van der Waals surface area contributed by atoms with E-state index in [0.29, 0.717) is 0 Å². The lowest BCUT2D eigenvalue weighted by Crippen LogP contribution is -1.97. The molecule has 252 valence electrons. The largest absolute Gasteiger partial charge is 0.355 e. The van der Waals surface area contributed by atoms with Gasteiger partial charge in [0, 0.05) is 49.9 Å². The number of fused-ring (bicyclic) bond motifs is 6. The zero-order valence-corrected chi connectivity index (χ0v) is 29.7. The fraction of sp³-hybridized carbons (Fsp3) is 0.0400. The predicted molar refractivity (Wildman–Crippen MR) is 225 cm³/mol. The lowest BCUT2D eigenvalue weighted by atomic mass is 9.96. The molecule has 3 nitrogen and oxygen atoms in total. The summed E-state index contributed by atoms with van der Waals surface area (Å²) in [5, 5.41) is 8.75. The van der Waals surface area contributed by atoms with Gasteiger partial charge in [-0.05, 0) is 97.3 Å². The van der Waals surface area contributed by atoms with Crippen LogP contribution in [0.4, 0.5) is 11.4 Å². The van der Waals surface area contributed by atoms with Crippen molar-refractivity contribution in [2.45, 2.75) is 13.8 Å². The van der Waals surface area contributed by atoms with Gasteiger partial charge in [-0.2, -0.15) is 0 Å². The molecule has 10 aromatic rings. The molecule has 0 saturated heterocycles. The standard InChI is InChI=1S/C50H37N3/c1-33-12-11-13-37(28-33)41-24-21-35(30-46(41)51-38-14-5-3-6-15-38)36-22-25-44-45-29-34(2)20-27-48(45)53(49(44)31-36)40-23-26-43-42-18-9-10-19-47(42)52(50(43)32-40)39-16-7-4-8-17-39/h3-32,51H,1-2H3. The lowest BCUT2D eigenvalue weighted by molar-refractivity contribution is 1.15.